The molecular formula is C13H12N4. The van der Waals surface area contributed by atoms with Gasteiger partial charge in [0.05, 0.1) is 23.5 Å². The van der Waals surface area contributed by atoms with E-state index in [0.717, 1.165) is 11.3 Å². The van der Waals surface area contributed by atoms with Crippen molar-refractivity contribution in [1.82, 2.24) is 9.97 Å². The molecule has 1 atom stereocenters. The molecule has 0 spiro atoms. The maximum Gasteiger partial charge on any atom is 0.101 e. The fraction of sp³-hybridized carbons (Fsp3) is 0.154. The van der Waals surface area contributed by atoms with E-state index in [-0.39, 0.29) is 6.04 Å². The molecule has 0 saturated carbocycles. The summed E-state index contributed by atoms with van der Waals surface area (Å²) in [5, 5.41) is 12.2. The Morgan fingerprint density at radius 2 is 2.06 bits per heavy atom. The zero-order chi connectivity index (χ0) is 12.1. The highest BCUT2D eigenvalue weighted by molar-refractivity contribution is 5.56. The Hall–Kier alpha value is -2.41. The topological polar surface area (TPSA) is 61.6 Å². The molecule has 1 N–H and O–H groups in total. The van der Waals surface area contributed by atoms with Crippen LogP contribution in [0.15, 0.2) is 43.0 Å². The summed E-state index contributed by atoms with van der Waals surface area (Å²) in [6, 6.07) is 7.79. The summed E-state index contributed by atoms with van der Waals surface area (Å²) >= 11 is 0. The highest BCUT2D eigenvalue weighted by Gasteiger charge is 2.07. The number of pyridine rings is 2. The van der Waals surface area contributed by atoms with E-state index < -0.39 is 0 Å². The number of nitriles is 1. The van der Waals surface area contributed by atoms with Gasteiger partial charge in [-0.15, -0.1) is 0 Å². The quantitative estimate of drug-likeness (QED) is 0.870. The van der Waals surface area contributed by atoms with Gasteiger partial charge in [0.15, 0.2) is 0 Å². The van der Waals surface area contributed by atoms with Crippen molar-refractivity contribution < 1.29 is 0 Å². The highest BCUT2D eigenvalue weighted by Crippen LogP contribution is 2.20. The van der Waals surface area contributed by atoms with Gasteiger partial charge in [0.25, 0.3) is 0 Å². The molecule has 0 fully saturated rings. The van der Waals surface area contributed by atoms with Gasteiger partial charge in [0, 0.05) is 18.6 Å². The molecule has 4 nitrogen and oxygen atoms in total. The molecule has 17 heavy (non-hydrogen) atoms. The third kappa shape index (κ3) is 2.58. The van der Waals surface area contributed by atoms with Crippen LogP contribution >= 0.6 is 0 Å². The number of nitrogens with zero attached hydrogens (tertiary/aromatic N) is 3. The lowest BCUT2D eigenvalue weighted by molar-refractivity contribution is 0.873. The molecule has 0 aliphatic carbocycles. The molecule has 0 aromatic carbocycles. The molecule has 0 saturated heterocycles. The summed E-state index contributed by atoms with van der Waals surface area (Å²) in [5.74, 6) is 0. The van der Waals surface area contributed by atoms with Gasteiger partial charge in [-0.1, -0.05) is 6.07 Å². The fourth-order valence-electron chi connectivity index (χ4n) is 1.56. The highest BCUT2D eigenvalue weighted by atomic mass is 14.9. The van der Waals surface area contributed by atoms with Crippen LogP contribution in [-0.4, -0.2) is 9.97 Å². The minimum atomic E-state index is 0.0833. The Balaban J connectivity index is 2.19. The molecule has 0 aliphatic rings. The van der Waals surface area contributed by atoms with E-state index in [0.29, 0.717) is 5.56 Å². The molecule has 4 heteroatoms. The van der Waals surface area contributed by atoms with Crippen LogP contribution in [0.5, 0.6) is 0 Å². The first kappa shape index (κ1) is 11.1. The van der Waals surface area contributed by atoms with Crippen LogP contribution in [0.1, 0.15) is 24.1 Å². The van der Waals surface area contributed by atoms with Gasteiger partial charge in [-0.05, 0) is 24.6 Å². The number of rotatable bonds is 3. The standard InChI is InChI=1S/C13H12N4/c1-10(12-3-2-5-15-8-12)17-13-9-16-6-4-11(13)7-14/h2-6,8-10,17H,1H3. The normalized spacial score (nSPS) is 11.5. The smallest absolute Gasteiger partial charge is 0.101 e. The van der Waals surface area contributed by atoms with Crippen molar-refractivity contribution in [1.29, 1.82) is 5.26 Å². The van der Waals surface area contributed by atoms with Gasteiger partial charge in [0.1, 0.15) is 6.07 Å². The van der Waals surface area contributed by atoms with Gasteiger partial charge >= 0.3 is 0 Å². The van der Waals surface area contributed by atoms with Crippen LogP contribution in [-0.2, 0) is 0 Å². The molecular weight excluding hydrogens is 212 g/mol. The third-order valence-corrected chi connectivity index (χ3v) is 2.50. The van der Waals surface area contributed by atoms with Crippen molar-refractivity contribution in [3.63, 3.8) is 0 Å². The van der Waals surface area contributed by atoms with Gasteiger partial charge in [-0.3, -0.25) is 9.97 Å². The SMILES string of the molecule is CC(Nc1cnccc1C#N)c1cccnc1. The summed E-state index contributed by atoms with van der Waals surface area (Å²) in [7, 11) is 0. The van der Waals surface area contributed by atoms with Crippen LogP contribution in [0.2, 0.25) is 0 Å². The monoisotopic (exact) mass is 224 g/mol. The lowest BCUT2D eigenvalue weighted by atomic mass is 10.1. The van der Waals surface area contributed by atoms with Crippen LogP contribution in [0.3, 0.4) is 0 Å². The van der Waals surface area contributed by atoms with Crippen LogP contribution in [0.25, 0.3) is 0 Å². The Labute approximate surface area is 100.0 Å². The molecule has 0 aliphatic heterocycles. The Kier molecular flexibility index (Phi) is 3.31. The second-order valence-corrected chi connectivity index (χ2v) is 3.69. The van der Waals surface area contributed by atoms with Gasteiger partial charge < -0.3 is 5.32 Å². The van der Waals surface area contributed by atoms with Crippen LogP contribution in [0, 0.1) is 11.3 Å². The van der Waals surface area contributed by atoms with Gasteiger partial charge in [-0.2, -0.15) is 5.26 Å². The van der Waals surface area contributed by atoms with E-state index in [9.17, 15) is 0 Å². The summed E-state index contributed by atoms with van der Waals surface area (Å²) in [6.07, 6.45) is 6.81. The summed E-state index contributed by atoms with van der Waals surface area (Å²) < 4.78 is 0. The lowest BCUT2D eigenvalue weighted by Crippen LogP contribution is -2.08. The first-order valence-corrected chi connectivity index (χ1v) is 5.32. The first-order valence-electron chi connectivity index (χ1n) is 5.32. The Bertz CT molecular complexity index is 531. The average molecular weight is 224 g/mol. The van der Waals surface area contributed by atoms with Crippen LogP contribution in [0.4, 0.5) is 5.69 Å². The summed E-state index contributed by atoms with van der Waals surface area (Å²) in [4.78, 5) is 8.08. The van der Waals surface area contributed by atoms with Crippen molar-refractivity contribution >= 4 is 5.69 Å². The van der Waals surface area contributed by atoms with E-state index in [1.807, 2.05) is 19.1 Å². The van der Waals surface area contributed by atoms with Crippen molar-refractivity contribution in [2.45, 2.75) is 13.0 Å². The first-order chi connectivity index (χ1) is 8.31. The van der Waals surface area contributed by atoms with Gasteiger partial charge in [0.2, 0.25) is 0 Å². The lowest BCUT2D eigenvalue weighted by Gasteiger charge is -2.15. The van der Waals surface area contributed by atoms with E-state index >= 15 is 0 Å². The van der Waals surface area contributed by atoms with Gasteiger partial charge in [-0.25, -0.2) is 0 Å². The largest absolute Gasteiger partial charge is 0.376 e. The third-order valence-electron chi connectivity index (χ3n) is 2.50. The van der Waals surface area contributed by atoms with E-state index in [1.54, 1.807) is 30.9 Å². The molecule has 2 heterocycles. The molecule has 0 amide bonds. The number of hydrogen-bond donors (Lipinski definition) is 1. The van der Waals surface area contributed by atoms with E-state index in [2.05, 4.69) is 21.4 Å². The average Bonchev–Trinajstić information content (AvgIpc) is 2.40. The van der Waals surface area contributed by atoms with E-state index in [1.165, 1.54) is 0 Å². The summed E-state index contributed by atoms with van der Waals surface area (Å²) in [5.41, 5.74) is 2.40. The molecule has 2 rings (SSSR count). The second-order valence-electron chi connectivity index (χ2n) is 3.69. The van der Waals surface area contributed by atoms with Crippen molar-refractivity contribution in [2.75, 3.05) is 5.32 Å². The Morgan fingerprint density at radius 1 is 1.24 bits per heavy atom. The zero-order valence-corrected chi connectivity index (χ0v) is 9.46. The molecule has 1 unspecified atom stereocenters. The predicted molar refractivity (Wildman–Crippen MR) is 65.2 cm³/mol. The fourth-order valence-corrected chi connectivity index (χ4v) is 1.56. The minimum absolute atomic E-state index is 0.0833. The number of nitrogens with one attached hydrogen (secondary N) is 1. The molecule has 2 aromatic rings. The zero-order valence-electron chi connectivity index (χ0n) is 9.46. The second kappa shape index (κ2) is 5.08. The number of hydrogen-bond acceptors (Lipinski definition) is 4. The minimum Gasteiger partial charge on any atom is -0.376 e. The molecule has 0 radical (unpaired) electrons. The van der Waals surface area contributed by atoms with Crippen molar-refractivity contribution in [2.24, 2.45) is 0 Å². The van der Waals surface area contributed by atoms with Crippen LogP contribution < -0.4 is 5.32 Å². The van der Waals surface area contributed by atoms with Crippen molar-refractivity contribution in [3.05, 3.63) is 54.1 Å². The number of anilines is 1. The summed E-state index contributed by atoms with van der Waals surface area (Å²) in [6.45, 7) is 2.02. The maximum absolute atomic E-state index is 8.97. The Morgan fingerprint density at radius 3 is 2.76 bits per heavy atom. The molecule has 84 valence electrons. The van der Waals surface area contributed by atoms with E-state index in [4.69, 9.17) is 5.26 Å². The van der Waals surface area contributed by atoms with Crippen molar-refractivity contribution in [3.8, 4) is 6.07 Å². The molecule has 2 aromatic heterocycles. The number of aromatic nitrogens is 2. The maximum atomic E-state index is 8.97. The predicted octanol–water partition coefficient (Wildman–Crippen LogP) is 2.52. The molecule has 0 bridgehead atoms.